The van der Waals surface area contributed by atoms with Crippen molar-refractivity contribution in [2.24, 2.45) is 0 Å². The van der Waals surface area contributed by atoms with E-state index in [2.05, 4.69) is 40.2 Å². The van der Waals surface area contributed by atoms with Gasteiger partial charge >= 0.3 is 0 Å². The molecular weight excluding hydrogens is 266 g/mol. The minimum absolute atomic E-state index is 0.160. The topological polar surface area (TPSA) is 60.0 Å². The Labute approximate surface area is 125 Å². The third-order valence-electron chi connectivity index (χ3n) is 4.23. The van der Waals surface area contributed by atoms with Crippen LogP contribution in [0.1, 0.15) is 49.5 Å². The highest BCUT2D eigenvalue weighted by molar-refractivity contribution is 5.00. The summed E-state index contributed by atoms with van der Waals surface area (Å²) in [5.41, 5.74) is 1.21. The van der Waals surface area contributed by atoms with Crippen LogP contribution in [0, 0.1) is 13.8 Å². The standard InChI is InChI=1S/C15H23N5O/c1-11-8-16-19(9-11)10-14-6-4-5-7-20(14)12(2)15-17-13(3)18-21-15/h8-9,12,14H,4-7,10H2,1-3H3/t12-,14+/m1/s1. The van der Waals surface area contributed by atoms with E-state index in [4.69, 9.17) is 4.52 Å². The lowest BCUT2D eigenvalue weighted by atomic mass is 10.00. The van der Waals surface area contributed by atoms with E-state index >= 15 is 0 Å². The summed E-state index contributed by atoms with van der Waals surface area (Å²) >= 11 is 0. The first kappa shape index (κ1) is 14.3. The summed E-state index contributed by atoms with van der Waals surface area (Å²) in [5.74, 6) is 1.42. The Morgan fingerprint density at radius 3 is 2.90 bits per heavy atom. The molecule has 1 fully saturated rings. The van der Waals surface area contributed by atoms with Gasteiger partial charge in [-0.3, -0.25) is 9.58 Å². The molecule has 0 N–H and O–H groups in total. The fourth-order valence-corrected chi connectivity index (χ4v) is 3.14. The highest BCUT2D eigenvalue weighted by Crippen LogP contribution is 2.28. The Morgan fingerprint density at radius 2 is 2.24 bits per heavy atom. The molecular formula is C15H23N5O. The van der Waals surface area contributed by atoms with E-state index < -0.39 is 0 Å². The van der Waals surface area contributed by atoms with Crippen molar-refractivity contribution in [1.29, 1.82) is 0 Å². The van der Waals surface area contributed by atoms with Crippen LogP contribution in [0.15, 0.2) is 16.9 Å². The monoisotopic (exact) mass is 289 g/mol. The first-order chi connectivity index (χ1) is 10.1. The molecule has 21 heavy (non-hydrogen) atoms. The van der Waals surface area contributed by atoms with Crippen LogP contribution >= 0.6 is 0 Å². The number of aromatic nitrogens is 4. The van der Waals surface area contributed by atoms with Crippen molar-refractivity contribution in [3.8, 4) is 0 Å². The van der Waals surface area contributed by atoms with E-state index in [9.17, 15) is 0 Å². The summed E-state index contributed by atoms with van der Waals surface area (Å²) in [5, 5.41) is 8.33. The first-order valence-corrected chi connectivity index (χ1v) is 7.68. The molecule has 0 amide bonds. The van der Waals surface area contributed by atoms with Crippen LogP contribution in [0.4, 0.5) is 0 Å². The molecule has 6 nitrogen and oxygen atoms in total. The fraction of sp³-hybridized carbons (Fsp3) is 0.667. The van der Waals surface area contributed by atoms with Crippen molar-refractivity contribution < 1.29 is 4.52 Å². The van der Waals surface area contributed by atoms with Gasteiger partial charge in [0.2, 0.25) is 5.89 Å². The summed E-state index contributed by atoms with van der Waals surface area (Å²) < 4.78 is 7.40. The molecule has 3 heterocycles. The second-order valence-corrected chi connectivity index (χ2v) is 5.98. The Balaban J connectivity index is 1.74. The molecule has 114 valence electrons. The van der Waals surface area contributed by atoms with Gasteiger partial charge < -0.3 is 4.52 Å². The maximum Gasteiger partial charge on any atom is 0.243 e. The van der Waals surface area contributed by atoms with Gasteiger partial charge in [-0.2, -0.15) is 10.1 Å². The van der Waals surface area contributed by atoms with Gasteiger partial charge in [-0.15, -0.1) is 0 Å². The maximum absolute atomic E-state index is 5.36. The van der Waals surface area contributed by atoms with Crippen LogP contribution in [-0.2, 0) is 6.54 Å². The van der Waals surface area contributed by atoms with Crippen molar-refractivity contribution >= 4 is 0 Å². The van der Waals surface area contributed by atoms with Crippen LogP contribution in [0.2, 0.25) is 0 Å². The molecule has 0 aliphatic carbocycles. The predicted octanol–water partition coefficient (Wildman–Crippen LogP) is 2.50. The molecule has 0 bridgehead atoms. The molecule has 2 aromatic heterocycles. The van der Waals surface area contributed by atoms with Crippen molar-refractivity contribution in [2.75, 3.05) is 6.54 Å². The van der Waals surface area contributed by atoms with Crippen LogP contribution in [0.3, 0.4) is 0 Å². The maximum atomic E-state index is 5.36. The van der Waals surface area contributed by atoms with E-state index in [0.717, 1.165) is 19.0 Å². The van der Waals surface area contributed by atoms with Crippen LogP contribution in [0.5, 0.6) is 0 Å². The first-order valence-electron chi connectivity index (χ1n) is 7.68. The average Bonchev–Trinajstić information content (AvgIpc) is 3.08. The summed E-state index contributed by atoms with van der Waals surface area (Å²) in [6.45, 7) is 8.09. The molecule has 6 heteroatoms. The average molecular weight is 289 g/mol. The second kappa shape index (κ2) is 5.97. The summed E-state index contributed by atoms with van der Waals surface area (Å²) in [6, 6.07) is 0.633. The number of rotatable bonds is 4. The molecule has 0 spiro atoms. The molecule has 1 saturated heterocycles. The van der Waals surface area contributed by atoms with E-state index in [1.807, 2.05) is 17.8 Å². The number of piperidine rings is 1. The van der Waals surface area contributed by atoms with Gasteiger partial charge in [-0.1, -0.05) is 11.6 Å². The molecule has 3 rings (SSSR count). The number of likely N-dealkylation sites (tertiary alicyclic amines) is 1. The van der Waals surface area contributed by atoms with Crippen LogP contribution in [0.25, 0.3) is 0 Å². The van der Waals surface area contributed by atoms with Crippen molar-refractivity contribution in [3.63, 3.8) is 0 Å². The van der Waals surface area contributed by atoms with Gasteiger partial charge in [0, 0.05) is 12.2 Å². The minimum atomic E-state index is 0.160. The fourth-order valence-electron chi connectivity index (χ4n) is 3.14. The van der Waals surface area contributed by atoms with Gasteiger partial charge in [0.1, 0.15) is 0 Å². The van der Waals surface area contributed by atoms with E-state index in [1.54, 1.807) is 0 Å². The van der Waals surface area contributed by atoms with Crippen LogP contribution in [-0.4, -0.2) is 37.4 Å². The van der Waals surface area contributed by atoms with Gasteiger partial charge in [-0.05, 0) is 45.7 Å². The number of aryl methyl sites for hydroxylation is 2. The van der Waals surface area contributed by atoms with E-state index in [-0.39, 0.29) is 6.04 Å². The SMILES string of the molecule is Cc1cnn(C[C@@H]2CCCCN2[C@H](C)c2nc(C)no2)c1. The van der Waals surface area contributed by atoms with Gasteiger partial charge in [-0.25, -0.2) is 0 Å². The van der Waals surface area contributed by atoms with E-state index in [0.29, 0.717) is 11.9 Å². The van der Waals surface area contributed by atoms with Crippen LogP contribution < -0.4 is 0 Å². The number of nitrogens with zero attached hydrogens (tertiary/aromatic N) is 5. The highest BCUT2D eigenvalue weighted by atomic mass is 16.5. The summed E-state index contributed by atoms with van der Waals surface area (Å²) in [4.78, 5) is 6.87. The summed E-state index contributed by atoms with van der Waals surface area (Å²) in [6.07, 6.45) is 7.71. The highest BCUT2D eigenvalue weighted by Gasteiger charge is 2.30. The lowest BCUT2D eigenvalue weighted by Crippen LogP contribution is -2.43. The molecule has 0 radical (unpaired) electrons. The lowest BCUT2D eigenvalue weighted by molar-refractivity contribution is 0.0719. The molecule has 0 saturated carbocycles. The number of hydrogen-bond acceptors (Lipinski definition) is 5. The largest absolute Gasteiger partial charge is 0.338 e. The number of hydrogen-bond donors (Lipinski definition) is 0. The minimum Gasteiger partial charge on any atom is -0.338 e. The second-order valence-electron chi connectivity index (χ2n) is 5.98. The molecule has 1 aliphatic rings. The van der Waals surface area contributed by atoms with Crippen molar-refractivity contribution in [3.05, 3.63) is 29.7 Å². The normalized spacial score (nSPS) is 21.6. The quantitative estimate of drug-likeness (QED) is 0.865. The molecule has 0 unspecified atom stereocenters. The van der Waals surface area contributed by atoms with Gasteiger partial charge in [0.25, 0.3) is 0 Å². The van der Waals surface area contributed by atoms with E-state index in [1.165, 1.54) is 24.8 Å². The van der Waals surface area contributed by atoms with Crippen molar-refractivity contribution in [1.82, 2.24) is 24.8 Å². The predicted molar refractivity (Wildman–Crippen MR) is 78.8 cm³/mol. The molecule has 2 aromatic rings. The Morgan fingerprint density at radius 1 is 1.38 bits per heavy atom. The zero-order valence-electron chi connectivity index (χ0n) is 13.0. The zero-order chi connectivity index (χ0) is 14.8. The molecule has 2 atom stereocenters. The van der Waals surface area contributed by atoms with Gasteiger partial charge in [0.15, 0.2) is 5.82 Å². The Hall–Kier alpha value is -1.69. The third-order valence-corrected chi connectivity index (χ3v) is 4.23. The Kier molecular flexibility index (Phi) is 4.05. The Bertz CT molecular complexity index is 590. The van der Waals surface area contributed by atoms with Gasteiger partial charge in [0.05, 0.1) is 18.8 Å². The molecule has 1 aliphatic heterocycles. The third kappa shape index (κ3) is 3.15. The van der Waals surface area contributed by atoms with Crippen molar-refractivity contribution in [2.45, 2.75) is 58.7 Å². The lowest BCUT2D eigenvalue weighted by Gasteiger charge is -2.38. The zero-order valence-corrected chi connectivity index (χ0v) is 13.0. The smallest absolute Gasteiger partial charge is 0.243 e. The molecule has 0 aromatic carbocycles. The summed E-state index contributed by atoms with van der Waals surface area (Å²) in [7, 11) is 0.